The number of benzene rings is 1. The minimum atomic E-state index is -0.209. The van der Waals surface area contributed by atoms with Crippen molar-refractivity contribution in [2.24, 2.45) is 0 Å². The molecule has 0 radical (unpaired) electrons. The van der Waals surface area contributed by atoms with Crippen LogP contribution in [0.5, 0.6) is 0 Å². The highest BCUT2D eigenvalue weighted by molar-refractivity contribution is 7.18. The van der Waals surface area contributed by atoms with Crippen molar-refractivity contribution in [3.8, 4) is 0 Å². The molecule has 0 bridgehead atoms. The van der Waals surface area contributed by atoms with E-state index >= 15 is 0 Å². The number of carbonyl (C=O) groups is 1. The summed E-state index contributed by atoms with van der Waals surface area (Å²) in [4.78, 5) is 35.7. The molecule has 0 fully saturated rings. The third kappa shape index (κ3) is 4.57. The molecule has 4 rings (SSSR count). The number of thiophene rings is 1. The largest absolute Gasteiger partial charge is 0.325 e. The minimum Gasteiger partial charge on any atom is -0.325 e. The summed E-state index contributed by atoms with van der Waals surface area (Å²) in [5.74, 6) is 0.456. The van der Waals surface area contributed by atoms with Crippen molar-refractivity contribution in [2.45, 2.75) is 59.5 Å². The van der Waals surface area contributed by atoms with Crippen LogP contribution in [0.2, 0.25) is 0 Å². The first-order chi connectivity index (χ1) is 15.0. The molecule has 0 spiro atoms. The number of aromatic nitrogens is 2. The van der Waals surface area contributed by atoms with Crippen LogP contribution in [0, 0.1) is 6.92 Å². The highest BCUT2D eigenvalue weighted by atomic mass is 32.1. The molecule has 0 aliphatic heterocycles. The Morgan fingerprint density at radius 3 is 2.74 bits per heavy atom. The van der Waals surface area contributed by atoms with Gasteiger partial charge in [0.2, 0.25) is 5.91 Å². The first-order valence-electron chi connectivity index (χ1n) is 11.1. The molecule has 0 saturated heterocycles. The lowest BCUT2D eigenvalue weighted by molar-refractivity contribution is -0.116. The van der Waals surface area contributed by atoms with E-state index in [1.54, 1.807) is 15.9 Å². The van der Waals surface area contributed by atoms with Gasteiger partial charge in [0.1, 0.15) is 17.2 Å². The van der Waals surface area contributed by atoms with Gasteiger partial charge in [0.05, 0.1) is 11.9 Å². The molecule has 0 atom stereocenters. The summed E-state index contributed by atoms with van der Waals surface area (Å²) in [5.41, 5.74) is 2.90. The van der Waals surface area contributed by atoms with E-state index in [9.17, 15) is 9.59 Å². The van der Waals surface area contributed by atoms with Crippen LogP contribution in [0.3, 0.4) is 0 Å². The Kier molecular flexibility index (Phi) is 6.53. The van der Waals surface area contributed by atoms with Gasteiger partial charge in [-0.1, -0.05) is 26.0 Å². The third-order valence-electron chi connectivity index (χ3n) is 6.02. The normalized spacial score (nSPS) is 13.5. The van der Waals surface area contributed by atoms with Crippen LogP contribution >= 0.6 is 11.3 Å². The number of fused-ring (bicyclic) bond motifs is 3. The highest BCUT2D eigenvalue weighted by Crippen LogP contribution is 2.33. The molecule has 1 aliphatic carbocycles. The minimum absolute atomic E-state index is 0.0308. The lowest BCUT2D eigenvalue weighted by Gasteiger charge is -2.20. The summed E-state index contributed by atoms with van der Waals surface area (Å²) in [7, 11) is 0. The van der Waals surface area contributed by atoms with E-state index < -0.39 is 0 Å². The van der Waals surface area contributed by atoms with Crippen LogP contribution < -0.4 is 10.9 Å². The van der Waals surface area contributed by atoms with E-state index in [4.69, 9.17) is 4.98 Å². The van der Waals surface area contributed by atoms with Gasteiger partial charge in [-0.15, -0.1) is 11.3 Å². The summed E-state index contributed by atoms with van der Waals surface area (Å²) < 4.78 is 1.59. The molecule has 1 aromatic carbocycles. The second kappa shape index (κ2) is 9.32. The second-order valence-electron chi connectivity index (χ2n) is 8.19. The monoisotopic (exact) mass is 438 g/mol. The first kappa shape index (κ1) is 21.7. The van der Waals surface area contributed by atoms with Crippen LogP contribution in [0.4, 0.5) is 5.69 Å². The van der Waals surface area contributed by atoms with Crippen molar-refractivity contribution >= 4 is 33.1 Å². The van der Waals surface area contributed by atoms with Crippen LogP contribution in [-0.4, -0.2) is 33.4 Å². The third-order valence-corrected chi connectivity index (χ3v) is 7.20. The number of anilines is 1. The molecule has 1 amide bonds. The predicted octanol–water partition coefficient (Wildman–Crippen LogP) is 4.13. The summed E-state index contributed by atoms with van der Waals surface area (Å²) in [6.45, 7) is 8.43. The van der Waals surface area contributed by atoms with Gasteiger partial charge in [0, 0.05) is 10.6 Å². The Balaban J connectivity index is 1.74. The SMILES string of the molecule is CCN(CC)Cc1nc2sc3c(c2c(=O)n1CC(=O)Nc1cccc(C)c1)CCCC3. The maximum absolute atomic E-state index is 13.6. The molecule has 31 heavy (non-hydrogen) atoms. The van der Waals surface area contributed by atoms with E-state index in [0.29, 0.717) is 12.4 Å². The summed E-state index contributed by atoms with van der Waals surface area (Å²) in [6.07, 6.45) is 4.22. The van der Waals surface area contributed by atoms with Crippen molar-refractivity contribution in [1.82, 2.24) is 14.5 Å². The van der Waals surface area contributed by atoms with E-state index in [-0.39, 0.29) is 18.0 Å². The number of aryl methyl sites for hydroxylation is 3. The maximum Gasteiger partial charge on any atom is 0.263 e. The predicted molar refractivity (Wildman–Crippen MR) is 127 cm³/mol. The zero-order valence-corrected chi connectivity index (χ0v) is 19.3. The number of hydrogen-bond donors (Lipinski definition) is 1. The summed E-state index contributed by atoms with van der Waals surface area (Å²) in [5, 5.41) is 3.66. The maximum atomic E-state index is 13.6. The standard InChI is InChI=1S/C24H30N4O2S/c1-4-27(5-2)14-20-26-23-22(18-11-6-7-12-19(18)31-23)24(30)28(20)15-21(29)25-17-10-8-9-16(3)13-17/h8-10,13H,4-7,11-12,14-15H2,1-3H3,(H,25,29). The fourth-order valence-electron chi connectivity index (χ4n) is 4.28. The lowest BCUT2D eigenvalue weighted by atomic mass is 9.97. The lowest BCUT2D eigenvalue weighted by Crippen LogP contribution is -2.34. The zero-order valence-electron chi connectivity index (χ0n) is 18.5. The first-order valence-corrected chi connectivity index (χ1v) is 11.9. The Morgan fingerprint density at radius 2 is 2.00 bits per heavy atom. The number of amides is 1. The quantitative estimate of drug-likeness (QED) is 0.602. The molecule has 6 nitrogen and oxygen atoms in total. The summed E-state index contributed by atoms with van der Waals surface area (Å²) in [6, 6.07) is 7.68. The molecule has 1 aliphatic rings. The van der Waals surface area contributed by atoms with Crippen LogP contribution in [-0.2, 0) is 30.7 Å². The van der Waals surface area contributed by atoms with Crippen molar-refractivity contribution in [3.05, 3.63) is 56.4 Å². The van der Waals surface area contributed by atoms with Gasteiger partial charge in [-0.05, 0) is 69.0 Å². The highest BCUT2D eigenvalue weighted by Gasteiger charge is 2.23. The fourth-order valence-corrected chi connectivity index (χ4v) is 5.55. The van der Waals surface area contributed by atoms with E-state index in [0.717, 1.165) is 59.4 Å². The molecular weight excluding hydrogens is 408 g/mol. The Bertz CT molecular complexity index is 1160. The second-order valence-corrected chi connectivity index (χ2v) is 9.27. The van der Waals surface area contributed by atoms with Gasteiger partial charge in [-0.25, -0.2) is 4.98 Å². The zero-order chi connectivity index (χ0) is 22.0. The summed E-state index contributed by atoms with van der Waals surface area (Å²) >= 11 is 1.66. The molecule has 2 aromatic heterocycles. The van der Waals surface area contributed by atoms with Crippen LogP contribution in [0.1, 0.15) is 48.5 Å². The van der Waals surface area contributed by atoms with Crippen molar-refractivity contribution in [1.29, 1.82) is 0 Å². The van der Waals surface area contributed by atoms with E-state index in [1.807, 2.05) is 31.2 Å². The number of nitrogens with zero attached hydrogens (tertiary/aromatic N) is 3. The van der Waals surface area contributed by atoms with E-state index in [1.165, 1.54) is 11.3 Å². The Labute approximate surface area is 186 Å². The topological polar surface area (TPSA) is 67.2 Å². The molecule has 0 unspecified atom stereocenters. The molecule has 0 saturated carbocycles. The van der Waals surface area contributed by atoms with Crippen molar-refractivity contribution in [3.63, 3.8) is 0 Å². The number of hydrogen-bond acceptors (Lipinski definition) is 5. The van der Waals surface area contributed by atoms with Crippen molar-refractivity contribution in [2.75, 3.05) is 18.4 Å². The molecule has 3 aromatic rings. The Morgan fingerprint density at radius 1 is 1.23 bits per heavy atom. The van der Waals surface area contributed by atoms with E-state index in [2.05, 4.69) is 24.1 Å². The van der Waals surface area contributed by atoms with Crippen molar-refractivity contribution < 1.29 is 4.79 Å². The van der Waals surface area contributed by atoms with Gasteiger partial charge >= 0.3 is 0 Å². The molecule has 2 heterocycles. The average molecular weight is 439 g/mol. The number of nitrogens with one attached hydrogen (secondary N) is 1. The van der Waals surface area contributed by atoms with Gasteiger partial charge < -0.3 is 5.32 Å². The van der Waals surface area contributed by atoms with Crippen LogP contribution in [0.15, 0.2) is 29.1 Å². The fraction of sp³-hybridized carbons (Fsp3) is 0.458. The van der Waals surface area contributed by atoms with Gasteiger partial charge in [0.25, 0.3) is 5.56 Å². The van der Waals surface area contributed by atoms with Crippen LogP contribution in [0.25, 0.3) is 10.2 Å². The molecular formula is C24H30N4O2S. The van der Waals surface area contributed by atoms with Gasteiger partial charge in [-0.3, -0.25) is 19.1 Å². The average Bonchev–Trinajstić information content (AvgIpc) is 3.13. The number of rotatable bonds is 7. The number of carbonyl (C=O) groups excluding carboxylic acids is 1. The molecule has 1 N–H and O–H groups in total. The smallest absolute Gasteiger partial charge is 0.263 e. The molecule has 7 heteroatoms. The molecule has 164 valence electrons. The van der Waals surface area contributed by atoms with Gasteiger partial charge in [0.15, 0.2) is 0 Å². The Hall–Kier alpha value is -2.51. The van der Waals surface area contributed by atoms with Gasteiger partial charge in [-0.2, -0.15) is 0 Å².